The third kappa shape index (κ3) is 10.0. The van der Waals surface area contributed by atoms with Gasteiger partial charge < -0.3 is 26.6 Å². The first-order chi connectivity index (χ1) is 18.6. The molecular formula is C30H41N5O3. The molecule has 8 heteroatoms. The van der Waals surface area contributed by atoms with E-state index in [1.807, 2.05) is 30.3 Å². The number of carbonyl (C=O) groups excluding carboxylic acids is 1. The number of phenolic OH excluding ortho intramolecular Hbond substituents is 1. The number of nitrogens with two attached hydrogens (primary N) is 2. The molecule has 3 aromatic rings. The molecule has 0 fully saturated rings. The Morgan fingerprint density at radius 3 is 2.24 bits per heavy atom. The van der Waals surface area contributed by atoms with Crippen molar-refractivity contribution in [2.75, 3.05) is 18.9 Å². The minimum Gasteiger partial charge on any atom is -0.507 e. The second kappa shape index (κ2) is 16.2. The molecule has 0 aliphatic heterocycles. The number of benzene rings is 2. The van der Waals surface area contributed by atoms with Crippen LogP contribution in [-0.2, 0) is 17.8 Å². The van der Waals surface area contributed by atoms with Crippen molar-refractivity contribution in [2.24, 2.45) is 5.73 Å². The van der Waals surface area contributed by atoms with Crippen LogP contribution in [0, 0.1) is 0 Å². The number of anilines is 1. The lowest BCUT2D eigenvalue weighted by molar-refractivity contribution is -0.121. The van der Waals surface area contributed by atoms with Crippen molar-refractivity contribution in [3.63, 3.8) is 0 Å². The molecule has 3 rings (SSSR count). The number of rotatable bonds is 17. The van der Waals surface area contributed by atoms with Gasteiger partial charge in [-0.15, -0.1) is 10.2 Å². The maximum absolute atomic E-state index is 12.2. The van der Waals surface area contributed by atoms with Crippen LogP contribution in [0.1, 0.15) is 68.9 Å². The fraction of sp³-hybridized carbons (Fsp3) is 0.433. The van der Waals surface area contributed by atoms with Crippen molar-refractivity contribution in [3.8, 4) is 22.8 Å². The summed E-state index contributed by atoms with van der Waals surface area (Å²) < 4.78 is 5.87. The topological polar surface area (TPSA) is 136 Å². The Hall–Kier alpha value is -3.65. The van der Waals surface area contributed by atoms with E-state index in [1.54, 1.807) is 24.3 Å². The Bertz CT molecular complexity index is 1120. The molecule has 1 aromatic heterocycles. The van der Waals surface area contributed by atoms with Crippen LogP contribution in [0.3, 0.4) is 0 Å². The zero-order valence-electron chi connectivity index (χ0n) is 22.2. The average molecular weight is 520 g/mol. The molecule has 38 heavy (non-hydrogen) atoms. The lowest BCUT2D eigenvalue weighted by Gasteiger charge is -2.10. The number of aromatic hydroxyl groups is 1. The van der Waals surface area contributed by atoms with Crippen LogP contribution in [0.5, 0.6) is 11.5 Å². The molecule has 0 aliphatic rings. The molecule has 0 saturated carbocycles. The van der Waals surface area contributed by atoms with E-state index < -0.39 is 0 Å². The summed E-state index contributed by atoms with van der Waals surface area (Å²) in [5, 5.41) is 21.1. The Kier molecular flexibility index (Phi) is 12.4. The van der Waals surface area contributed by atoms with Gasteiger partial charge in [-0.2, -0.15) is 0 Å². The number of amides is 1. The van der Waals surface area contributed by atoms with E-state index in [2.05, 4.69) is 15.5 Å². The first-order valence-corrected chi connectivity index (χ1v) is 13.7. The number of carbonyl (C=O) groups is 1. The molecular weight excluding hydrogens is 478 g/mol. The Morgan fingerprint density at radius 2 is 1.53 bits per heavy atom. The van der Waals surface area contributed by atoms with Gasteiger partial charge in [0.05, 0.1) is 6.61 Å². The minimum atomic E-state index is 0.108. The molecule has 1 amide bonds. The molecule has 204 valence electrons. The van der Waals surface area contributed by atoms with Crippen LogP contribution < -0.4 is 21.5 Å². The lowest BCUT2D eigenvalue weighted by Crippen LogP contribution is -2.22. The molecule has 0 aliphatic carbocycles. The summed E-state index contributed by atoms with van der Waals surface area (Å²) in [5.41, 5.74) is 14.7. The summed E-state index contributed by atoms with van der Waals surface area (Å²) in [6.07, 6.45) is 10.7. The van der Waals surface area contributed by atoms with E-state index in [-0.39, 0.29) is 17.5 Å². The molecule has 0 bridgehead atoms. The average Bonchev–Trinajstić information content (AvgIpc) is 2.93. The number of nitrogen functional groups attached to an aromatic ring is 1. The van der Waals surface area contributed by atoms with Crippen molar-refractivity contribution in [2.45, 2.75) is 70.8 Å². The number of hydrogen-bond donors (Lipinski definition) is 4. The highest BCUT2D eigenvalue weighted by Crippen LogP contribution is 2.30. The molecule has 2 aromatic carbocycles. The fourth-order valence-electron chi connectivity index (χ4n) is 4.20. The van der Waals surface area contributed by atoms with Gasteiger partial charge in [0.1, 0.15) is 11.4 Å². The van der Waals surface area contributed by atoms with E-state index >= 15 is 0 Å². The SMILES string of the molecule is NCCCCCCCCCCC(=O)NCc1ccc(CCOc2cc(-c3ccccc3O)nnc2N)cc1. The summed E-state index contributed by atoms with van der Waals surface area (Å²) in [5.74, 6) is 0.861. The largest absolute Gasteiger partial charge is 0.507 e. The number of hydrogen-bond acceptors (Lipinski definition) is 7. The van der Waals surface area contributed by atoms with Gasteiger partial charge in [0.15, 0.2) is 11.6 Å². The molecule has 0 radical (unpaired) electrons. The molecule has 6 N–H and O–H groups in total. The van der Waals surface area contributed by atoms with Crippen LogP contribution in [0.15, 0.2) is 54.6 Å². The molecule has 0 unspecified atom stereocenters. The van der Waals surface area contributed by atoms with Crippen LogP contribution in [0.2, 0.25) is 0 Å². The highest BCUT2D eigenvalue weighted by Gasteiger charge is 2.11. The maximum Gasteiger partial charge on any atom is 0.220 e. The summed E-state index contributed by atoms with van der Waals surface area (Å²) in [4.78, 5) is 12.2. The summed E-state index contributed by atoms with van der Waals surface area (Å²) in [6, 6.07) is 16.7. The minimum absolute atomic E-state index is 0.108. The van der Waals surface area contributed by atoms with E-state index in [0.717, 1.165) is 36.9 Å². The molecule has 1 heterocycles. The third-order valence-corrected chi connectivity index (χ3v) is 6.48. The van der Waals surface area contributed by atoms with Gasteiger partial charge in [-0.25, -0.2) is 0 Å². The number of unbranched alkanes of at least 4 members (excludes halogenated alkanes) is 7. The maximum atomic E-state index is 12.2. The van der Waals surface area contributed by atoms with Crippen LogP contribution in [0.25, 0.3) is 11.3 Å². The zero-order chi connectivity index (χ0) is 27.0. The number of phenols is 1. The second-order valence-corrected chi connectivity index (χ2v) is 9.56. The summed E-state index contributed by atoms with van der Waals surface area (Å²) >= 11 is 0. The Balaban J connectivity index is 1.33. The van der Waals surface area contributed by atoms with Crippen molar-refractivity contribution in [1.82, 2.24) is 15.5 Å². The quantitative estimate of drug-likeness (QED) is 0.181. The highest BCUT2D eigenvalue weighted by molar-refractivity contribution is 5.75. The summed E-state index contributed by atoms with van der Waals surface area (Å²) in [7, 11) is 0. The predicted octanol–water partition coefficient (Wildman–Crippen LogP) is 5.14. The van der Waals surface area contributed by atoms with E-state index in [0.29, 0.717) is 43.0 Å². The number of aromatic nitrogens is 2. The van der Waals surface area contributed by atoms with Gasteiger partial charge in [0, 0.05) is 31.0 Å². The van der Waals surface area contributed by atoms with Gasteiger partial charge in [-0.3, -0.25) is 4.79 Å². The predicted molar refractivity (Wildman–Crippen MR) is 152 cm³/mol. The number of ether oxygens (including phenoxy) is 1. The first kappa shape index (κ1) is 28.9. The van der Waals surface area contributed by atoms with Gasteiger partial charge in [0.25, 0.3) is 0 Å². The molecule has 0 spiro atoms. The Labute approximate surface area is 225 Å². The smallest absolute Gasteiger partial charge is 0.220 e. The lowest BCUT2D eigenvalue weighted by atomic mass is 10.1. The van der Waals surface area contributed by atoms with Crippen LogP contribution in [-0.4, -0.2) is 34.4 Å². The molecule has 0 saturated heterocycles. The summed E-state index contributed by atoms with van der Waals surface area (Å²) in [6.45, 7) is 1.74. The van der Waals surface area contributed by atoms with E-state index in [9.17, 15) is 9.90 Å². The zero-order valence-corrected chi connectivity index (χ0v) is 22.2. The van der Waals surface area contributed by atoms with Gasteiger partial charge >= 0.3 is 0 Å². The number of nitrogens with zero attached hydrogens (tertiary/aromatic N) is 2. The van der Waals surface area contributed by atoms with Crippen molar-refractivity contribution in [1.29, 1.82) is 0 Å². The monoisotopic (exact) mass is 519 g/mol. The molecule has 0 atom stereocenters. The number of para-hydroxylation sites is 1. The van der Waals surface area contributed by atoms with Crippen LogP contribution in [0.4, 0.5) is 5.82 Å². The van der Waals surface area contributed by atoms with Crippen molar-refractivity contribution < 1.29 is 14.6 Å². The van der Waals surface area contributed by atoms with Crippen molar-refractivity contribution in [3.05, 3.63) is 65.7 Å². The second-order valence-electron chi connectivity index (χ2n) is 9.56. The van der Waals surface area contributed by atoms with E-state index in [4.69, 9.17) is 16.2 Å². The standard InChI is InChI=1S/C30H41N5O3/c31-19-10-6-4-2-1-3-5-7-13-29(37)33-22-24-16-14-23(15-17-24)18-20-38-28-21-26(34-35-30(28)32)25-11-8-9-12-27(25)36/h8-9,11-12,14-17,21,36H,1-7,10,13,18-20,22,31H2,(H2,32,35)(H,33,37). The normalized spacial score (nSPS) is 10.9. The van der Waals surface area contributed by atoms with Crippen molar-refractivity contribution >= 4 is 11.7 Å². The Morgan fingerprint density at radius 1 is 0.868 bits per heavy atom. The van der Waals surface area contributed by atoms with E-state index in [1.165, 1.54) is 32.1 Å². The number of nitrogens with one attached hydrogen (secondary N) is 1. The van der Waals surface area contributed by atoms with Gasteiger partial charge in [-0.1, -0.05) is 74.9 Å². The first-order valence-electron chi connectivity index (χ1n) is 13.7. The van der Waals surface area contributed by atoms with Gasteiger partial charge in [-0.05, 0) is 42.6 Å². The fourth-order valence-corrected chi connectivity index (χ4v) is 4.20. The molecule has 8 nitrogen and oxygen atoms in total. The van der Waals surface area contributed by atoms with Crippen LogP contribution >= 0.6 is 0 Å². The van der Waals surface area contributed by atoms with Gasteiger partial charge in [0.2, 0.25) is 5.91 Å². The highest BCUT2D eigenvalue weighted by atomic mass is 16.5. The third-order valence-electron chi connectivity index (χ3n) is 6.48.